The van der Waals surface area contributed by atoms with Crippen LogP contribution in [0.4, 0.5) is 17.3 Å². The lowest BCUT2D eigenvalue weighted by Crippen LogP contribution is -2.39. The number of nitrogens with one attached hydrogen (secondary N) is 2. The Morgan fingerprint density at radius 1 is 1.12 bits per heavy atom. The van der Waals surface area contributed by atoms with Gasteiger partial charge in [0.2, 0.25) is 0 Å². The number of morpholine rings is 1. The highest BCUT2D eigenvalue weighted by Crippen LogP contribution is 2.28. The van der Waals surface area contributed by atoms with E-state index < -0.39 is 0 Å². The molecule has 0 saturated carbocycles. The van der Waals surface area contributed by atoms with E-state index in [-0.39, 0.29) is 0 Å². The second-order valence-corrected chi connectivity index (χ2v) is 6.40. The number of benzene rings is 1. The van der Waals surface area contributed by atoms with Crippen LogP contribution in [-0.4, -0.2) is 61.4 Å². The highest BCUT2D eigenvalue weighted by Gasteiger charge is 2.10. The van der Waals surface area contributed by atoms with Crippen molar-refractivity contribution in [1.82, 2.24) is 14.9 Å². The molecule has 2 N–H and O–H groups in total. The Hall–Kier alpha value is -2.38. The van der Waals surface area contributed by atoms with Crippen LogP contribution in [0.2, 0.25) is 0 Å². The van der Waals surface area contributed by atoms with Crippen molar-refractivity contribution in [3.8, 4) is 5.75 Å². The molecule has 1 aromatic heterocycles. The van der Waals surface area contributed by atoms with Gasteiger partial charge in [-0.05, 0) is 31.5 Å². The van der Waals surface area contributed by atoms with Crippen LogP contribution in [0.15, 0.2) is 24.3 Å². The zero-order valence-corrected chi connectivity index (χ0v) is 15.7. The van der Waals surface area contributed by atoms with E-state index in [4.69, 9.17) is 9.47 Å². The number of nitrogens with zero attached hydrogens (tertiary/aromatic N) is 3. The fraction of sp³-hybridized carbons (Fsp3) is 0.474. The Kier molecular flexibility index (Phi) is 6.25. The van der Waals surface area contributed by atoms with E-state index in [9.17, 15) is 0 Å². The summed E-state index contributed by atoms with van der Waals surface area (Å²) in [5.74, 6) is 3.07. The minimum atomic E-state index is 0.718. The normalized spacial score (nSPS) is 14.9. The van der Waals surface area contributed by atoms with Crippen LogP contribution < -0.4 is 15.4 Å². The third-order valence-electron chi connectivity index (χ3n) is 4.29. The number of aryl methyl sites for hydroxylation is 2. The molecule has 7 heteroatoms. The average molecular weight is 357 g/mol. The average Bonchev–Trinajstić information content (AvgIpc) is 2.62. The molecule has 1 fully saturated rings. The topological polar surface area (TPSA) is 71.5 Å². The van der Waals surface area contributed by atoms with Gasteiger partial charge >= 0.3 is 0 Å². The minimum Gasteiger partial charge on any atom is -0.495 e. The number of hydrogen-bond acceptors (Lipinski definition) is 7. The van der Waals surface area contributed by atoms with Gasteiger partial charge in [0.25, 0.3) is 0 Å². The van der Waals surface area contributed by atoms with Gasteiger partial charge in [0.15, 0.2) is 0 Å². The van der Waals surface area contributed by atoms with Crippen molar-refractivity contribution >= 4 is 17.3 Å². The standard InChI is InChI=1S/C19H27N5O2/c1-14-4-5-17(25-3)16(12-14)23-19-13-18(21-15(2)22-19)20-6-7-24-8-10-26-11-9-24/h4-5,12-13H,6-11H2,1-3H3,(H2,20,21,22,23). The van der Waals surface area contributed by atoms with Crippen molar-refractivity contribution in [3.05, 3.63) is 35.7 Å². The molecule has 0 atom stereocenters. The van der Waals surface area contributed by atoms with Crippen molar-refractivity contribution < 1.29 is 9.47 Å². The smallest absolute Gasteiger partial charge is 0.142 e. The zero-order valence-electron chi connectivity index (χ0n) is 15.7. The van der Waals surface area contributed by atoms with E-state index in [1.54, 1.807) is 7.11 Å². The van der Waals surface area contributed by atoms with Crippen molar-refractivity contribution in [2.24, 2.45) is 0 Å². The Morgan fingerprint density at radius 3 is 2.65 bits per heavy atom. The molecule has 1 aliphatic rings. The monoisotopic (exact) mass is 357 g/mol. The van der Waals surface area contributed by atoms with Crippen molar-refractivity contribution in [3.63, 3.8) is 0 Å². The highest BCUT2D eigenvalue weighted by molar-refractivity contribution is 5.66. The number of methoxy groups -OCH3 is 1. The Morgan fingerprint density at radius 2 is 1.88 bits per heavy atom. The van der Waals surface area contributed by atoms with Gasteiger partial charge in [-0.1, -0.05) is 6.07 Å². The summed E-state index contributed by atoms with van der Waals surface area (Å²) in [6, 6.07) is 7.94. The molecule has 26 heavy (non-hydrogen) atoms. The van der Waals surface area contributed by atoms with Crippen LogP contribution in [0.3, 0.4) is 0 Å². The summed E-state index contributed by atoms with van der Waals surface area (Å²) < 4.78 is 10.8. The first kappa shape index (κ1) is 18.4. The summed E-state index contributed by atoms with van der Waals surface area (Å²) in [6.07, 6.45) is 0. The first-order chi connectivity index (χ1) is 12.6. The maximum atomic E-state index is 5.43. The molecular formula is C19H27N5O2. The number of rotatable bonds is 7. The van der Waals surface area contributed by atoms with Gasteiger partial charge in [-0.15, -0.1) is 0 Å². The van der Waals surface area contributed by atoms with Crippen LogP contribution in [0.25, 0.3) is 0 Å². The van der Waals surface area contributed by atoms with Crippen LogP contribution in [-0.2, 0) is 4.74 Å². The predicted molar refractivity (Wildman–Crippen MR) is 104 cm³/mol. The molecular weight excluding hydrogens is 330 g/mol. The highest BCUT2D eigenvalue weighted by atomic mass is 16.5. The van der Waals surface area contributed by atoms with Crippen LogP contribution in [0, 0.1) is 13.8 Å². The van der Waals surface area contributed by atoms with Gasteiger partial charge in [0.1, 0.15) is 23.2 Å². The van der Waals surface area contributed by atoms with Gasteiger partial charge < -0.3 is 20.1 Å². The van der Waals surface area contributed by atoms with Crippen molar-refractivity contribution in [1.29, 1.82) is 0 Å². The molecule has 2 heterocycles. The van der Waals surface area contributed by atoms with Gasteiger partial charge in [-0.2, -0.15) is 0 Å². The van der Waals surface area contributed by atoms with Gasteiger partial charge in [0, 0.05) is 32.2 Å². The van der Waals surface area contributed by atoms with E-state index in [1.165, 1.54) is 0 Å². The Bertz CT molecular complexity index is 732. The largest absolute Gasteiger partial charge is 0.495 e. The lowest BCUT2D eigenvalue weighted by atomic mass is 10.2. The second kappa shape index (κ2) is 8.82. The Balaban J connectivity index is 1.64. The summed E-state index contributed by atoms with van der Waals surface area (Å²) >= 11 is 0. The number of hydrogen-bond donors (Lipinski definition) is 2. The van der Waals surface area contributed by atoms with Crippen LogP contribution >= 0.6 is 0 Å². The van der Waals surface area contributed by atoms with Crippen LogP contribution in [0.5, 0.6) is 5.75 Å². The molecule has 0 spiro atoms. The molecule has 0 amide bonds. The Labute approximate surface area is 154 Å². The van der Waals surface area contributed by atoms with E-state index in [0.717, 1.165) is 73.9 Å². The van der Waals surface area contributed by atoms with Gasteiger partial charge in [0.05, 0.1) is 26.0 Å². The quantitative estimate of drug-likeness (QED) is 0.789. The molecule has 2 aromatic rings. The number of anilines is 3. The first-order valence-corrected chi connectivity index (χ1v) is 8.95. The van der Waals surface area contributed by atoms with Gasteiger partial charge in [-0.25, -0.2) is 9.97 Å². The molecule has 7 nitrogen and oxygen atoms in total. The number of ether oxygens (including phenoxy) is 2. The van der Waals surface area contributed by atoms with Crippen molar-refractivity contribution in [2.75, 3.05) is 57.1 Å². The summed E-state index contributed by atoms with van der Waals surface area (Å²) in [5.41, 5.74) is 2.05. The van der Waals surface area contributed by atoms with E-state index in [2.05, 4.69) is 32.4 Å². The maximum absolute atomic E-state index is 5.43. The number of aromatic nitrogens is 2. The SMILES string of the molecule is COc1ccc(C)cc1Nc1cc(NCCN2CCOCC2)nc(C)n1. The molecule has 0 bridgehead atoms. The summed E-state index contributed by atoms with van der Waals surface area (Å²) in [5, 5.41) is 6.74. The maximum Gasteiger partial charge on any atom is 0.142 e. The molecule has 1 aromatic carbocycles. The fourth-order valence-corrected chi connectivity index (χ4v) is 2.95. The summed E-state index contributed by atoms with van der Waals surface area (Å²) in [4.78, 5) is 11.4. The lowest BCUT2D eigenvalue weighted by Gasteiger charge is -2.26. The van der Waals surface area contributed by atoms with E-state index in [1.807, 2.05) is 31.2 Å². The van der Waals surface area contributed by atoms with E-state index >= 15 is 0 Å². The zero-order chi connectivity index (χ0) is 18.4. The summed E-state index contributed by atoms with van der Waals surface area (Å²) in [7, 11) is 1.67. The predicted octanol–water partition coefficient (Wildman–Crippen LogP) is 2.59. The fourth-order valence-electron chi connectivity index (χ4n) is 2.95. The van der Waals surface area contributed by atoms with Crippen molar-refractivity contribution in [2.45, 2.75) is 13.8 Å². The minimum absolute atomic E-state index is 0.718. The van der Waals surface area contributed by atoms with Crippen LogP contribution in [0.1, 0.15) is 11.4 Å². The summed E-state index contributed by atoms with van der Waals surface area (Å²) in [6.45, 7) is 9.37. The van der Waals surface area contributed by atoms with Gasteiger partial charge in [-0.3, -0.25) is 4.90 Å². The first-order valence-electron chi connectivity index (χ1n) is 8.95. The molecule has 140 valence electrons. The second-order valence-electron chi connectivity index (χ2n) is 6.40. The molecule has 1 saturated heterocycles. The third-order valence-corrected chi connectivity index (χ3v) is 4.29. The molecule has 3 rings (SSSR count). The third kappa shape index (κ3) is 5.06. The molecule has 0 aliphatic carbocycles. The molecule has 0 radical (unpaired) electrons. The lowest BCUT2D eigenvalue weighted by molar-refractivity contribution is 0.0398. The molecule has 0 unspecified atom stereocenters. The molecule has 1 aliphatic heterocycles. The van der Waals surface area contributed by atoms with E-state index in [0.29, 0.717) is 0 Å².